The molecule has 0 radical (unpaired) electrons. The normalized spacial score (nSPS) is 19.9. The lowest BCUT2D eigenvalue weighted by Gasteiger charge is -2.40. The summed E-state index contributed by atoms with van der Waals surface area (Å²) in [6.45, 7) is 5.88. The minimum Gasteiger partial charge on any atom is -0.450 e. The average Bonchev–Trinajstić information content (AvgIpc) is 2.68. The van der Waals surface area contributed by atoms with Gasteiger partial charge in [-0.3, -0.25) is 0 Å². The molecule has 2 heterocycles. The molecule has 3 rings (SSSR count). The predicted molar refractivity (Wildman–Crippen MR) is 106 cm³/mol. The molecule has 0 unspecified atom stereocenters. The van der Waals surface area contributed by atoms with E-state index < -0.39 is 9.84 Å². The Morgan fingerprint density at radius 3 is 2.00 bits per heavy atom. The third-order valence-corrected chi connectivity index (χ3v) is 7.03. The van der Waals surface area contributed by atoms with Gasteiger partial charge in [0.05, 0.1) is 11.5 Å². The van der Waals surface area contributed by atoms with Gasteiger partial charge in [0.25, 0.3) is 0 Å². The predicted octanol–water partition coefficient (Wildman–Crippen LogP) is 3.18. The van der Waals surface area contributed by atoms with Crippen LogP contribution in [0.4, 0.5) is 10.5 Å². The third kappa shape index (κ3) is 4.94. The molecule has 2 aliphatic heterocycles. The number of anilines is 1. The van der Waals surface area contributed by atoms with Gasteiger partial charge in [-0.15, -0.1) is 0 Å². The van der Waals surface area contributed by atoms with E-state index in [0.29, 0.717) is 23.3 Å². The van der Waals surface area contributed by atoms with Gasteiger partial charge in [0.1, 0.15) is 0 Å². The Labute approximate surface area is 162 Å². The van der Waals surface area contributed by atoms with Crippen LogP contribution in [0, 0.1) is 11.8 Å². The van der Waals surface area contributed by atoms with E-state index in [1.54, 1.807) is 12.1 Å². The number of likely N-dealkylation sites (tertiary alicyclic amines) is 1. The Hall–Kier alpha value is -1.76. The Kier molecular flexibility index (Phi) is 6.29. The lowest BCUT2D eigenvalue weighted by atomic mass is 9.79. The number of hydrogen-bond donors (Lipinski definition) is 0. The second kappa shape index (κ2) is 8.50. The maximum atomic E-state index is 11.8. The van der Waals surface area contributed by atoms with E-state index in [1.165, 1.54) is 6.26 Å². The highest BCUT2D eigenvalue weighted by Crippen LogP contribution is 2.34. The highest BCUT2D eigenvalue weighted by molar-refractivity contribution is 7.90. The molecule has 0 atom stereocenters. The second-order valence-electron chi connectivity index (χ2n) is 7.61. The van der Waals surface area contributed by atoms with Crippen LogP contribution in [0.15, 0.2) is 29.2 Å². The molecule has 150 valence electrons. The van der Waals surface area contributed by atoms with Crippen molar-refractivity contribution in [3.05, 3.63) is 24.3 Å². The van der Waals surface area contributed by atoms with E-state index in [2.05, 4.69) is 4.90 Å². The van der Waals surface area contributed by atoms with Crippen LogP contribution in [-0.2, 0) is 14.6 Å². The monoisotopic (exact) mass is 394 g/mol. The third-order valence-electron chi connectivity index (χ3n) is 5.90. The van der Waals surface area contributed by atoms with Crippen molar-refractivity contribution in [3.8, 4) is 0 Å². The Bertz CT molecular complexity index is 732. The zero-order valence-corrected chi connectivity index (χ0v) is 17.1. The number of rotatable bonds is 4. The largest absolute Gasteiger partial charge is 0.450 e. The Morgan fingerprint density at radius 2 is 1.52 bits per heavy atom. The van der Waals surface area contributed by atoms with Gasteiger partial charge in [-0.25, -0.2) is 13.2 Å². The molecule has 2 saturated heterocycles. The summed E-state index contributed by atoms with van der Waals surface area (Å²) in [7, 11) is -3.14. The van der Waals surface area contributed by atoms with Crippen molar-refractivity contribution in [1.82, 2.24) is 4.90 Å². The van der Waals surface area contributed by atoms with Gasteiger partial charge < -0.3 is 14.5 Å². The molecule has 1 aromatic rings. The highest BCUT2D eigenvalue weighted by atomic mass is 32.2. The van der Waals surface area contributed by atoms with Crippen molar-refractivity contribution in [2.45, 2.75) is 37.5 Å². The average molecular weight is 395 g/mol. The summed E-state index contributed by atoms with van der Waals surface area (Å²) in [6, 6.07) is 7.22. The molecule has 27 heavy (non-hydrogen) atoms. The maximum Gasteiger partial charge on any atom is 0.409 e. The summed E-state index contributed by atoms with van der Waals surface area (Å²) < 4.78 is 28.3. The van der Waals surface area contributed by atoms with E-state index in [1.807, 2.05) is 24.0 Å². The van der Waals surface area contributed by atoms with Crippen LogP contribution in [0.2, 0.25) is 0 Å². The van der Waals surface area contributed by atoms with Crippen LogP contribution < -0.4 is 4.90 Å². The van der Waals surface area contributed by atoms with Gasteiger partial charge in [-0.05, 0) is 68.7 Å². The quantitative estimate of drug-likeness (QED) is 0.785. The molecule has 7 heteroatoms. The van der Waals surface area contributed by atoms with Crippen molar-refractivity contribution in [2.24, 2.45) is 11.8 Å². The molecule has 0 spiro atoms. The number of amides is 1. The second-order valence-corrected chi connectivity index (χ2v) is 9.63. The fraction of sp³-hybridized carbons (Fsp3) is 0.650. The van der Waals surface area contributed by atoms with E-state index in [0.717, 1.165) is 57.5 Å². The SMILES string of the molecule is CCOC(=O)N1CCC(C2CCN(c3ccc(S(C)(=O)=O)cc3)CC2)CC1. The van der Waals surface area contributed by atoms with E-state index in [9.17, 15) is 13.2 Å². The first-order valence-electron chi connectivity index (χ1n) is 9.85. The number of nitrogens with zero attached hydrogens (tertiary/aromatic N) is 2. The van der Waals surface area contributed by atoms with Gasteiger partial charge in [0.15, 0.2) is 9.84 Å². The first-order chi connectivity index (χ1) is 12.9. The van der Waals surface area contributed by atoms with Crippen LogP contribution in [-0.4, -0.2) is 58.5 Å². The molecule has 6 nitrogen and oxygen atoms in total. The number of sulfone groups is 1. The minimum absolute atomic E-state index is 0.177. The van der Waals surface area contributed by atoms with Crippen molar-refractivity contribution in [1.29, 1.82) is 0 Å². The van der Waals surface area contributed by atoms with Gasteiger partial charge in [0, 0.05) is 38.1 Å². The van der Waals surface area contributed by atoms with Crippen molar-refractivity contribution in [3.63, 3.8) is 0 Å². The minimum atomic E-state index is -3.14. The van der Waals surface area contributed by atoms with Crippen molar-refractivity contribution in [2.75, 3.05) is 43.9 Å². The van der Waals surface area contributed by atoms with Crippen LogP contribution in [0.5, 0.6) is 0 Å². The van der Waals surface area contributed by atoms with Crippen molar-refractivity contribution >= 4 is 21.6 Å². The van der Waals surface area contributed by atoms with E-state index in [4.69, 9.17) is 4.74 Å². The molecule has 1 amide bonds. The van der Waals surface area contributed by atoms with Crippen LogP contribution in [0.3, 0.4) is 0 Å². The molecule has 0 N–H and O–H groups in total. The first kappa shape index (κ1) is 20.0. The molecule has 0 bridgehead atoms. The smallest absolute Gasteiger partial charge is 0.409 e. The van der Waals surface area contributed by atoms with E-state index >= 15 is 0 Å². The topological polar surface area (TPSA) is 66.9 Å². The molecule has 1 aromatic carbocycles. The number of benzene rings is 1. The fourth-order valence-electron chi connectivity index (χ4n) is 4.30. The number of ether oxygens (including phenoxy) is 1. The molecular formula is C20H30N2O4S. The molecule has 0 saturated carbocycles. The summed E-state index contributed by atoms with van der Waals surface area (Å²) >= 11 is 0. The molecule has 2 aliphatic rings. The lowest BCUT2D eigenvalue weighted by molar-refractivity contribution is 0.0813. The zero-order valence-electron chi connectivity index (χ0n) is 16.3. The Morgan fingerprint density at radius 1 is 1.00 bits per heavy atom. The van der Waals surface area contributed by atoms with Crippen LogP contribution >= 0.6 is 0 Å². The summed E-state index contributed by atoms with van der Waals surface area (Å²) in [5, 5.41) is 0. The maximum absolute atomic E-state index is 11.8. The fourth-order valence-corrected chi connectivity index (χ4v) is 4.93. The lowest BCUT2D eigenvalue weighted by Crippen LogP contribution is -2.43. The van der Waals surface area contributed by atoms with E-state index in [-0.39, 0.29) is 6.09 Å². The molecule has 2 fully saturated rings. The molecular weight excluding hydrogens is 364 g/mol. The van der Waals surface area contributed by atoms with Gasteiger partial charge in [0.2, 0.25) is 0 Å². The van der Waals surface area contributed by atoms with Crippen LogP contribution in [0.1, 0.15) is 32.6 Å². The van der Waals surface area contributed by atoms with Gasteiger partial charge in [-0.2, -0.15) is 0 Å². The zero-order chi connectivity index (χ0) is 19.4. The van der Waals surface area contributed by atoms with Crippen LogP contribution in [0.25, 0.3) is 0 Å². The molecule has 0 aromatic heterocycles. The van der Waals surface area contributed by atoms with Crippen molar-refractivity contribution < 1.29 is 17.9 Å². The number of hydrogen-bond acceptors (Lipinski definition) is 5. The van der Waals surface area contributed by atoms with Gasteiger partial charge >= 0.3 is 6.09 Å². The summed E-state index contributed by atoms with van der Waals surface area (Å²) in [5.41, 5.74) is 1.10. The summed E-state index contributed by atoms with van der Waals surface area (Å²) in [6.07, 6.45) is 5.48. The first-order valence-corrected chi connectivity index (χ1v) is 11.7. The standard InChI is InChI=1S/C20H30N2O4S/c1-3-26-20(23)22-14-10-17(11-15-22)16-8-12-21(13-9-16)18-4-6-19(7-5-18)27(2,24)25/h4-7,16-17H,3,8-15H2,1-2H3. The van der Waals surface area contributed by atoms with Gasteiger partial charge in [-0.1, -0.05) is 0 Å². The summed E-state index contributed by atoms with van der Waals surface area (Å²) in [4.78, 5) is 16.4. The number of carbonyl (C=O) groups excluding carboxylic acids is 1. The highest BCUT2D eigenvalue weighted by Gasteiger charge is 2.31. The number of carbonyl (C=O) groups is 1. The molecule has 0 aliphatic carbocycles. The number of piperidine rings is 2. The summed E-state index contributed by atoms with van der Waals surface area (Å²) in [5.74, 6) is 1.39. The Balaban J connectivity index is 1.49.